The summed E-state index contributed by atoms with van der Waals surface area (Å²) in [5.74, 6) is 2.99. The minimum Gasteiger partial charge on any atom is -0.290 e. The Balaban J connectivity index is 4.37. The molecule has 0 radical (unpaired) electrons. The molecule has 1 heteroatoms. The second kappa shape index (κ2) is 12.6. The van der Waals surface area contributed by atoms with Crippen molar-refractivity contribution in [1.29, 1.82) is 0 Å². The van der Waals surface area contributed by atoms with Gasteiger partial charge in [-0.05, 0) is 78.6 Å². The summed E-state index contributed by atoms with van der Waals surface area (Å²) in [6.07, 6.45) is 26.1. The molecular formula is C29H64S. The Kier molecular flexibility index (Phi) is 12.7. The molecular weight excluding hydrogens is 380 g/mol. The summed E-state index contributed by atoms with van der Waals surface area (Å²) < 4.78 is 0. The van der Waals surface area contributed by atoms with E-state index in [4.69, 9.17) is 0 Å². The molecule has 0 heterocycles. The van der Waals surface area contributed by atoms with Crippen LogP contribution >= 0.6 is 9.16 Å². The van der Waals surface area contributed by atoms with Gasteiger partial charge in [-0.2, -0.15) is 0 Å². The Bertz CT molecular complexity index is 449. The minimum absolute atomic E-state index is 0.510. The fraction of sp³-hybridized carbons (Fsp3) is 1.00. The number of hydrogen-bond donors (Lipinski definition) is 1. The smallest absolute Gasteiger partial charge is 0.0323 e. The van der Waals surface area contributed by atoms with Crippen molar-refractivity contribution in [2.24, 2.45) is 16.2 Å². The van der Waals surface area contributed by atoms with Gasteiger partial charge in [0, 0.05) is 0 Å². The van der Waals surface area contributed by atoms with Crippen LogP contribution in [0.1, 0.15) is 139 Å². The van der Waals surface area contributed by atoms with Gasteiger partial charge in [-0.3, -0.25) is 9.16 Å². The summed E-state index contributed by atoms with van der Waals surface area (Å²) in [5.41, 5.74) is 1.62. The van der Waals surface area contributed by atoms with E-state index in [1.807, 2.05) is 0 Å². The number of unbranched alkanes of at least 4 members (excludes halogenated alkanes) is 4. The molecule has 0 bridgehead atoms. The summed E-state index contributed by atoms with van der Waals surface area (Å²) in [6.45, 7) is 19.6. The van der Waals surface area contributed by atoms with Crippen molar-refractivity contribution in [2.45, 2.75) is 139 Å². The molecule has 30 heavy (non-hydrogen) atoms. The molecule has 0 nitrogen and oxygen atoms in total. The van der Waals surface area contributed by atoms with Gasteiger partial charge in [0.05, 0.1) is 0 Å². The van der Waals surface area contributed by atoms with Crippen molar-refractivity contribution in [3.05, 3.63) is 0 Å². The predicted octanol–water partition coefficient (Wildman–Crippen LogP) is 10.1. The highest BCUT2D eigenvalue weighted by Gasteiger charge is 2.31. The van der Waals surface area contributed by atoms with Gasteiger partial charge in [0.2, 0.25) is 0 Å². The van der Waals surface area contributed by atoms with Gasteiger partial charge < -0.3 is 0 Å². The van der Waals surface area contributed by atoms with Crippen LogP contribution in [0.3, 0.4) is 0 Å². The lowest BCUT2D eigenvalue weighted by Gasteiger charge is -2.53. The summed E-state index contributed by atoms with van der Waals surface area (Å²) in [4.78, 5) is 0. The van der Waals surface area contributed by atoms with Gasteiger partial charge >= 0.3 is 0 Å². The molecule has 0 amide bonds. The molecule has 0 aromatic carbocycles. The maximum Gasteiger partial charge on any atom is -0.0323 e. The monoisotopic (exact) mass is 444 g/mol. The van der Waals surface area contributed by atoms with Crippen LogP contribution in [0, 0.1) is 16.2 Å². The molecule has 1 atom stereocenters. The topological polar surface area (TPSA) is 0 Å². The van der Waals surface area contributed by atoms with Crippen LogP contribution in [0.15, 0.2) is 0 Å². The van der Waals surface area contributed by atoms with Crippen molar-refractivity contribution in [1.82, 2.24) is 0 Å². The summed E-state index contributed by atoms with van der Waals surface area (Å²) in [7, 11) is -1.47. The van der Waals surface area contributed by atoms with E-state index in [0.717, 1.165) is 0 Å². The zero-order valence-corrected chi connectivity index (χ0v) is 24.4. The molecule has 0 aromatic heterocycles. The fourth-order valence-electron chi connectivity index (χ4n) is 5.29. The molecule has 0 spiro atoms. The van der Waals surface area contributed by atoms with Crippen LogP contribution in [0.5, 0.6) is 0 Å². The van der Waals surface area contributed by atoms with Crippen molar-refractivity contribution in [3.63, 3.8) is 0 Å². The molecule has 0 saturated carbocycles. The van der Waals surface area contributed by atoms with E-state index >= 15 is 0 Å². The Morgan fingerprint density at radius 3 is 1.57 bits per heavy atom. The van der Waals surface area contributed by atoms with Gasteiger partial charge in [0.1, 0.15) is 0 Å². The quantitative estimate of drug-likeness (QED) is 0.158. The van der Waals surface area contributed by atoms with Crippen LogP contribution in [0.2, 0.25) is 0 Å². The fourth-order valence-corrected chi connectivity index (χ4v) is 8.28. The van der Waals surface area contributed by atoms with E-state index in [9.17, 15) is 0 Å². The average Bonchev–Trinajstić information content (AvgIpc) is 2.66. The first-order chi connectivity index (χ1) is 13.6. The first-order valence-corrected chi connectivity index (χ1v) is 17.6. The van der Waals surface area contributed by atoms with Gasteiger partial charge in [-0.15, -0.1) is 0 Å². The summed E-state index contributed by atoms with van der Waals surface area (Å²) in [5, 5.41) is 0. The standard InChI is InChI=1S/C29H64S/c1-12-16-21-27(5,6)26-29(8,15-4)22-19-17-18-20-24-30(9,10,11)25-23-28(7,13-2)14-3/h30H,12-26H2,1-11H3. The number of hydrogen-bond acceptors (Lipinski definition) is 0. The third kappa shape index (κ3) is 13.0. The highest BCUT2D eigenvalue weighted by atomic mass is 32.3. The second-order valence-corrected chi connectivity index (χ2v) is 21.8. The average molecular weight is 445 g/mol. The lowest BCUT2D eigenvalue weighted by molar-refractivity contribution is 0.142. The largest absolute Gasteiger partial charge is 0.290 e. The Labute approximate surface area is 194 Å². The Morgan fingerprint density at radius 2 is 1.07 bits per heavy atom. The minimum atomic E-state index is -1.47. The van der Waals surface area contributed by atoms with E-state index < -0.39 is 9.16 Å². The SMILES string of the molecule is CCCCC(C)(C)CC(C)(CC)CCCCCC[SH](C)(C)(C)CCC(C)(CC)CC. The highest BCUT2D eigenvalue weighted by Crippen LogP contribution is 2.61. The van der Waals surface area contributed by atoms with E-state index in [1.165, 1.54) is 95.0 Å². The third-order valence-corrected chi connectivity index (χ3v) is 12.6. The van der Waals surface area contributed by atoms with Crippen molar-refractivity contribution in [3.8, 4) is 0 Å². The molecule has 0 aromatic rings. The molecule has 0 aliphatic heterocycles. The number of rotatable bonds is 18. The van der Waals surface area contributed by atoms with Crippen molar-refractivity contribution < 1.29 is 0 Å². The maximum absolute atomic E-state index is 2.66. The zero-order chi connectivity index (χ0) is 23.6. The van der Waals surface area contributed by atoms with Crippen LogP contribution in [-0.4, -0.2) is 30.3 Å². The predicted molar refractivity (Wildman–Crippen MR) is 149 cm³/mol. The lowest BCUT2D eigenvalue weighted by Crippen LogP contribution is -2.26. The molecule has 0 aliphatic carbocycles. The van der Waals surface area contributed by atoms with E-state index in [-0.39, 0.29) is 0 Å². The highest BCUT2D eigenvalue weighted by molar-refractivity contribution is 8.48. The first kappa shape index (κ1) is 30.4. The zero-order valence-electron chi connectivity index (χ0n) is 23.6. The number of thiol groups is 1. The molecule has 0 fully saturated rings. The summed E-state index contributed by atoms with van der Waals surface area (Å²) in [6, 6.07) is 0. The molecule has 1 unspecified atom stereocenters. The molecule has 0 N–H and O–H groups in total. The van der Waals surface area contributed by atoms with E-state index in [2.05, 4.69) is 74.2 Å². The van der Waals surface area contributed by atoms with Crippen LogP contribution in [-0.2, 0) is 0 Å². The Morgan fingerprint density at radius 1 is 0.533 bits per heavy atom. The molecule has 0 rings (SSSR count). The maximum atomic E-state index is 2.66. The molecule has 0 saturated heterocycles. The van der Waals surface area contributed by atoms with Crippen LogP contribution in [0.25, 0.3) is 0 Å². The van der Waals surface area contributed by atoms with Gasteiger partial charge in [-0.1, -0.05) is 107 Å². The van der Waals surface area contributed by atoms with Crippen LogP contribution < -0.4 is 0 Å². The lowest BCUT2D eigenvalue weighted by atomic mass is 9.68. The van der Waals surface area contributed by atoms with Crippen LogP contribution in [0.4, 0.5) is 0 Å². The first-order valence-electron chi connectivity index (χ1n) is 13.6. The molecule has 186 valence electrons. The Hall–Kier alpha value is 0.350. The van der Waals surface area contributed by atoms with Gasteiger partial charge in [0.15, 0.2) is 0 Å². The normalized spacial score (nSPS) is 16.8. The van der Waals surface area contributed by atoms with Gasteiger partial charge in [-0.25, -0.2) is 0 Å². The molecule has 0 aliphatic rings. The van der Waals surface area contributed by atoms with E-state index in [0.29, 0.717) is 16.2 Å². The van der Waals surface area contributed by atoms with E-state index in [1.54, 1.807) is 0 Å². The van der Waals surface area contributed by atoms with Crippen molar-refractivity contribution in [2.75, 3.05) is 30.3 Å². The van der Waals surface area contributed by atoms with Gasteiger partial charge in [0.25, 0.3) is 0 Å². The van der Waals surface area contributed by atoms with Crippen molar-refractivity contribution >= 4 is 9.16 Å². The second-order valence-electron chi connectivity index (χ2n) is 14.0. The summed E-state index contributed by atoms with van der Waals surface area (Å²) >= 11 is 0. The third-order valence-electron chi connectivity index (χ3n) is 8.73.